The molecule has 0 radical (unpaired) electrons. The summed E-state index contributed by atoms with van der Waals surface area (Å²) in [4.78, 5) is 4.52. The van der Waals surface area contributed by atoms with Crippen molar-refractivity contribution in [2.24, 2.45) is 7.05 Å². The van der Waals surface area contributed by atoms with Crippen LogP contribution in [0.5, 0.6) is 0 Å². The topological polar surface area (TPSA) is 56.9 Å². The molecule has 0 amide bonds. The van der Waals surface area contributed by atoms with E-state index in [1.54, 1.807) is 7.11 Å². The molecule has 0 fully saturated rings. The largest absolute Gasteiger partial charge is 0.383 e. The summed E-state index contributed by atoms with van der Waals surface area (Å²) in [7, 11) is 3.61. The van der Waals surface area contributed by atoms with Gasteiger partial charge in [-0.3, -0.25) is 9.25 Å². The lowest BCUT2D eigenvalue weighted by Gasteiger charge is -2.14. The van der Waals surface area contributed by atoms with E-state index in [-0.39, 0.29) is 6.04 Å². The van der Waals surface area contributed by atoms with Gasteiger partial charge in [0, 0.05) is 32.6 Å². The minimum absolute atomic E-state index is 0.197. The van der Waals surface area contributed by atoms with Crippen molar-refractivity contribution in [3.05, 3.63) is 23.8 Å². The summed E-state index contributed by atoms with van der Waals surface area (Å²) in [5, 5.41) is 7.73. The number of anilines is 1. The number of hydrogen-bond acceptors (Lipinski definition) is 4. The Hall–Kier alpha value is -1.82. The van der Waals surface area contributed by atoms with E-state index in [4.69, 9.17) is 4.74 Å². The van der Waals surface area contributed by atoms with Gasteiger partial charge in [-0.15, -0.1) is 0 Å². The highest BCUT2D eigenvalue weighted by atomic mass is 16.5. The molecule has 0 aromatic carbocycles. The molecule has 2 aromatic rings. The molecule has 6 heteroatoms. The minimum atomic E-state index is 0.197. The fraction of sp³-hybridized carbons (Fsp3) is 0.538. The zero-order valence-corrected chi connectivity index (χ0v) is 12.1. The van der Waals surface area contributed by atoms with E-state index >= 15 is 0 Å². The molecule has 19 heavy (non-hydrogen) atoms. The van der Waals surface area contributed by atoms with Crippen LogP contribution in [0, 0.1) is 13.8 Å². The molecule has 0 saturated heterocycles. The summed E-state index contributed by atoms with van der Waals surface area (Å²) in [6, 6.07) is 0.197. The first kappa shape index (κ1) is 13.6. The maximum absolute atomic E-state index is 5.14. The summed E-state index contributed by atoms with van der Waals surface area (Å²) in [5.41, 5.74) is 2.98. The van der Waals surface area contributed by atoms with Crippen LogP contribution >= 0.6 is 0 Å². The quantitative estimate of drug-likeness (QED) is 0.891. The van der Waals surface area contributed by atoms with Crippen LogP contribution in [-0.4, -0.2) is 39.1 Å². The van der Waals surface area contributed by atoms with Gasteiger partial charge < -0.3 is 10.1 Å². The molecule has 1 unspecified atom stereocenters. The molecule has 0 bridgehead atoms. The molecule has 2 rings (SSSR count). The van der Waals surface area contributed by atoms with Crippen molar-refractivity contribution >= 4 is 5.95 Å². The second kappa shape index (κ2) is 5.44. The average Bonchev–Trinajstić information content (AvgIpc) is 2.82. The van der Waals surface area contributed by atoms with Gasteiger partial charge in [0.05, 0.1) is 23.7 Å². The number of imidazole rings is 1. The molecule has 0 saturated carbocycles. The van der Waals surface area contributed by atoms with Gasteiger partial charge in [0.15, 0.2) is 0 Å². The monoisotopic (exact) mass is 263 g/mol. The predicted octanol–water partition coefficient (Wildman–Crippen LogP) is 1.67. The molecule has 0 aliphatic heterocycles. The second-order valence-corrected chi connectivity index (χ2v) is 4.85. The van der Waals surface area contributed by atoms with Gasteiger partial charge in [-0.2, -0.15) is 5.10 Å². The highest BCUT2D eigenvalue weighted by Crippen LogP contribution is 2.19. The van der Waals surface area contributed by atoms with Crippen molar-refractivity contribution in [1.82, 2.24) is 19.3 Å². The van der Waals surface area contributed by atoms with Crippen molar-refractivity contribution in [2.75, 3.05) is 19.0 Å². The highest BCUT2D eigenvalue weighted by Gasteiger charge is 2.13. The third-order valence-corrected chi connectivity index (χ3v) is 2.87. The first-order valence-corrected chi connectivity index (χ1v) is 6.33. The van der Waals surface area contributed by atoms with E-state index in [2.05, 4.69) is 22.3 Å². The van der Waals surface area contributed by atoms with Crippen molar-refractivity contribution in [1.29, 1.82) is 0 Å². The fourth-order valence-corrected chi connectivity index (χ4v) is 2.12. The van der Waals surface area contributed by atoms with E-state index in [1.807, 2.05) is 42.5 Å². The van der Waals surface area contributed by atoms with Gasteiger partial charge in [-0.05, 0) is 20.8 Å². The van der Waals surface area contributed by atoms with E-state index in [1.165, 1.54) is 0 Å². The Balaban J connectivity index is 2.33. The molecular formula is C13H21N5O. The number of nitrogens with one attached hydrogen (secondary N) is 1. The van der Waals surface area contributed by atoms with E-state index in [9.17, 15) is 0 Å². The first-order valence-electron chi connectivity index (χ1n) is 6.33. The maximum atomic E-state index is 5.14. The van der Waals surface area contributed by atoms with Crippen LogP contribution in [0.2, 0.25) is 0 Å². The number of ether oxygens (including phenoxy) is 1. The average molecular weight is 263 g/mol. The Kier molecular flexibility index (Phi) is 3.90. The SMILES string of the molecule is COCC(C)Nc1nc(C)cn1-c1cn(C)nc1C. The van der Waals surface area contributed by atoms with Crippen LogP contribution in [0.1, 0.15) is 18.3 Å². The number of rotatable bonds is 5. The number of hydrogen-bond donors (Lipinski definition) is 1. The van der Waals surface area contributed by atoms with Crippen LogP contribution in [0.25, 0.3) is 5.69 Å². The third kappa shape index (κ3) is 2.96. The molecule has 1 N–H and O–H groups in total. The predicted molar refractivity (Wildman–Crippen MR) is 74.8 cm³/mol. The number of methoxy groups -OCH3 is 1. The molecule has 0 aliphatic carbocycles. The lowest BCUT2D eigenvalue weighted by Crippen LogP contribution is -2.22. The Morgan fingerprint density at radius 2 is 2.11 bits per heavy atom. The van der Waals surface area contributed by atoms with Gasteiger partial charge >= 0.3 is 0 Å². The summed E-state index contributed by atoms with van der Waals surface area (Å²) in [6.07, 6.45) is 3.99. The Bertz CT molecular complexity index is 557. The molecule has 0 spiro atoms. The van der Waals surface area contributed by atoms with Crippen LogP contribution in [-0.2, 0) is 11.8 Å². The molecule has 2 heterocycles. The molecule has 104 valence electrons. The number of aromatic nitrogens is 4. The number of nitrogens with zero attached hydrogens (tertiary/aromatic N) is 4. The Morgan fingerprint density at radius 1 is 1.37 bits per heavy atom. The van der Waals surface area contributed by atoms with Crippen molar-refractivity contribution in [2.45, 2.75) is 26.8 Å². The number of aryl methyl sites for hydroxylation is 3. The van der Waals surface area contributed by atoms with E-state index < -0.39 is 0 Å². The fourth-order valence-electron chi connectivity index (χ4n) is 2.12. The lowest BCUT2D eigenvalue weighted by molar-refractivity contribution is 0.190. The van der Waals surface area contributed by atoms with Gasteiger partial charge in [0.2, 0.25) is 5.95 Å². The summed E-state index contributed by atoms with van der Waals surface area (Å²) >= 11 is 0. The van der Waals surface area contributed by atoms with Gasteiger partial charge in [0.1, 0.15) is 0 Å². The van der Waals surface area contributed by atoms with E-state index in [0.29, 0.717) is 6.61 Å². The van der Waals surface area contributed by atoms with Crippen LogP contribution in [0.3, 0.4) is 0 Å². The third-order valence-electron chi connectivity index (χ3n) is 2.87. The first-order chi connectivity index (χ1) is 9.01. The Labute approximate surface area is 113 Å². The standard InChI is InChI=1S/C13H21N5O/c1-9-6-18(12-7-17(4)16-11(12)3)13(14-9)15-10(2)8-19-5/h6-7,10H,8H2,1-5H3,(H,14,15). The Morgan fingerprint density at radius 3 is 2.68 bits per heavy atom. The lowest BCUT2D eigenvalue weighted by atomic mass is 10.3. The summed E-state index contributed by atoms with van der Waals surface area (Å²) < 4.78 is 8.98. The van der Waals surface area contributed by atoms with Crippen molar-refractivity contribution in [3.8, 4) is 5.69 Å². The smallest absolute Gasteiger partial charge is 0.208 e. The van der Waals surface area contributed by atoms with Gasteiger partial charge in [-0.1, -0.05) is 0 Å². The molecule has 1 atom stereocenters. The van der Waals surface area contributed by atoms with Crippen LogP contribution in [0.4, 0.5) is 5.95 Å². The van der Waals surface area contributed by atoms with Crippen molar-refractivity contribution in [3.63, 3.8) is 0 Å². The normalized spacial score (nSPS) is 12.7. The zero-order valence-electron chi connectivity index (χ0n) is 12.1. The highest BCUT2D eigenvalue weighted by molar-refractivity contribution is 5.44. The van der Waals surface area contributed by atoms with Gasteiger partial charge in [0.25, 0.3) is 0 Å². The second-order valence-electron chi connectivity index (χ2n) is 4.85. The molecule has 2 aromatic heterocycles. The minimum Gasteiger partial charge on any atom is -0.383 e. The molecule has 6 nitrogen and oxygen atoms in total. The van der Waals surface area contributed by atoms with Crippen molar-refractivity contribution < 1.29 is 4.74 Å². The van der Waals surface area contributed by atoms with Crippen LogP contribution in [0.15, 0.2) is 12.4 Å². The summed E-state index contributed by atoms with van der Waals surface area (Å²) in [5.74, 6) is 0.818. The zero-order chi connectivity index (χ0) is 14.0. The summed E-state index contributed by atoms with van der Waals surface area (Å²) in [6.45, 7) is 6.67. The van der Waals surface area contributed by atoms with Gasteiger partial charge in [-0.25, -0.2) is 4.98 Å². The molecule has 0 aliphatic rings. The maximum Gasteiger partial charge on any atom is 0.208 e. The van der Waals surface area contributed by atoms with E-state index in [0.717, 1.165) is 23.0 Å². The molecular weight excluding hydrogens is 242 g/mol. The van der Waals surface area contributed by atoms with Crippen LogP contribution < -0.4 is 5.32 Å².